The number of hydrogen-bond acceptors (Lipinski definition) is 4. The molecule has 5 nitrogen and oxygen atoms in total. The second kappa shape index (κ2) is 5.32. The minimum atomic E-state index is 0.116. The highest BCUT2D eigenvalue weighted by atomic mass is 16.7. The Morgan fingerprint density at radius 3 is 3.15 bits per heavy atom. The highest BCUT2D eigenvalue weighted by molar-refractivity contribution is 5.79. The standard InChI is InChI=1S/C15H20N2O3/c1-10-3-2-4-17(15(10)18)7-11-5-13(16)6-12-8-19-9-20-14(11)12/h5-6,10H,2-4,7-9,16H2,1H3. The van der Waals surface area contributed by atoms with Crippen molar-refractivity contribution in [1.29, 1.82) is 0 Å². The molecule has 1 aromatic rings. The van der Waals surface area contributed by atoms with Crippen LogP contribution in [0.4, 0.5) is 5.69 Å². The Labute approximate surface area is 118 Å². The van der Waals surface area contributed by atoms with E-state index in [2.05, 4.69) is 0 Å². The first-order chi connectivity index (χ1) is 9.65. The largest absolute Gasteiger partial charge is 0.467 e. The molecule has 2 aliphatic rings. The van der Waals surface area contributed by atoms with Gasteiger partial charge in [-0.25, -0.2) is 0 Å². The van der Waals surface area contributed by atoms with E-state index in [1.165, 1.54) is 0 Å². The molecule has 1 unspecified atom stereocenters. The van der Waals surface area contributed by atoms with Gasteiger partial charge in [-0.1, -0.05) is 6.92 Å². The quantitative estimate of drug-likeness (QED) is 0.838. The molecular formula is C15H20N2O3. The predicted octanol–water partition coefficient (Wildman–Crippen LogP) is 1.89. The van der Waals surface area contributed by atoms with Crippen molar-refractivity contribution in [3.8, 4) is 5.75 Å². The Balaban J connectivity index is 1.86. The summed E-state index contributed by atoms with van der Waals surface area (Å²) in [5.74, 6) is 1.17. The summed E-state index contributed by atoms with van der Waals surface area (Å²) in [5.41, 5.74) is 8.56. The molecule has 0 radical (unpaired) electrons. The maximum absolute atomic E-state index is 12.2. The van der Waals surface area contributed by atoms with Gasteiger partial charge in [0.05, 0.1) is 6.61 Å². The lowest BCUT2D eigenvalue weighted by atomic mass is 9.98. The van der Waals surface area contributed by atoms with Crippen LogP contribution in [0.5, 0.6) is 5.75 Å². The first-order valence-corrected chi connectivity index (χ1v) is 7.06. The van der Waals surface area contributed by atoms with Crippen LogP contribution in [-0.4, -0.2) is 24.1 Å². The molecule has 0 saturated carbocycles. The second-order valence-electron chi connectivity index (χ2n) is 5.58. The smallest absolute Gasteiger partial charge is 0.225 e. The summed E-state index contributed by atoms with van der Waals surface area (Å²) in [5, 5.41) is 0. The number of nitrogen functional groups attached to an aromatic ring is 1. The molecule has 1 atom stereocenters. The van der Waals surface area contributed by atoms with Crippen LogP contribution in [0.2, 0.25) is 0 Å². The number of rotatable bonds is 2. The number of nitrogens with two attached hydrogens (primary N) is 1. The summed E-state index contributed by atoms with van der Waals surface area (Å²) in [6.07, 6.45) is 2.04. The lowest BCUT2D eigenvalue weighted by molar-refractivity contribution is -0.138. The Morgan fingerprint density at radius 1 is 1.45 bits per heavy atom. The molecule has 0 aliphatic carbocycles. The molecule has 0 spiro atoms. The third-order valence-corrected chi connectivity index (χ3v) is 3.97. The van der Waals surface area contributed by atoms with Gasteiger partial charge in [0.2, 0.25) is 5.91 Å². The zero-order valence-corrected chi connectivity index (χ0v) is 11.7. The van der Waals surface area contributed by atoms with Gasteiger partial charge in [-0.05, 0) is 25.0 Å². The maximum atomic E-state index is 12.2. The molecule has 1 fully saturated rings. The SMILES string of the molecule is CC1CCCN(Cc2cc(N)cc3c2OCOC3)C1=O. The van der Waals surface area contributed by atoms with E-state index in [0.29, 0.717) is 18.8 Å². The van der Waals surface area contributed by atoms with Gasteiger partial charge in [0.1, 0.15) is 5.75 Å². The molecule has 3 rings (SSSR count). The van der Waals surface area contributed by atoms with Gasteiger partial charge in [-0.2, -0.15) is 0 Å². The van der Waals surface area contributed by atoms with Crippen LogP contribution in [0, 0.1) is 5.92 Å². The van der Waals surface area contributed by atoms with Gasteiger partial charge in [0, 0.05) is 35.8 Å². The monoisotopic (exact) mass is 276 g/mol. The third-order valence-electron chi connectivity index (χ3n) is 3.97. The molecule has 108 valence electrons. The van der Waals surface area contributed by atoms with Crippen molar-refractivity contribution in [3.63, 3.8) is 0 Å². The number of ether oxygens (including phenoxy) is 2. The summed E-state index contributed by atoms with van der Waals surface area (Å²) in [7, 11) is 0. The van der Waals surface area contributed by atoms with Gasteiger partial charge >= 0.3 is 0 Å². The molecule has 2 N–H and O–H groups in total. The predicted molar refractivity (Wildman–Crippen MR) is 75.0 cm³/mol. The summed E-state index contributed by atoms with van der Waals surface area (Å²) in [6, 6.07) is 3.77. The fraction of sp³-hybridized carbons (Fsp3) is 0.533. The van der Waals surface area contributed by atoms with Crippen molar-refractivity contribution < 1.29 is 14.3 Å². The summed E-state index contributed by atoms with van der Waals surface area (Å²) in [6.45, 7) is 4.14. The third kappa shape index (κ3) is 2.45. The summed E-state index contributed by atoms with van der Waals surface area (Å²) >= 11 is 0. The molecule has 1 amide bonds. The number of carbonyl (C=O) groups is 1. The van der Waals surface area contributed by atoms with Crippen LogP contribution >= 0.6 is 0 Å². The van der Waals surface area contributed by atoms with Crippen LogP contribution in [0.1, 0.15) is 30.9 Å². The number of likely N-dealkylation sites (tertiary alicyclic amines) is 1. The van der Waals surface area contributed by atoms with Crippen LogP contribution in [0.3, 0.4) is 0 Å². The fourth-order valence-corrected chi connectivity index (χ4v) is 2.94. The van der Waals surface area contributed by atoms with E-state index in [1.807, 2.05) is 24.0 Å². The van der Waals surface area contributed by atoms with Gasteiger partial charge in [-0.3, -0.25) is 4.79 Å². The Bertz CT molecular complexity index is 530. The van der Waals surface area contributed by atoms with Crippen LogP contribution in [0.15, 0.2) is 12.1 Å². The lowest BCUT2D eigenvalue weighted by Gasteiger charge is -2.32. The first kappa shape index (κ1) is 13.2. The van der Waals surface area contributed by atoms with Crippen molar-refractivity contribution >= 4 is 11.6 Å². The van der Waals surface area contributed by atoms with E-state index >= 15 is 0 Å². The Hall–Kier alpha value is -1.75. The fourth-order valence-electron chi connectivity index (χ4n) is 2.94. The molecule has 2 aliphatic heterocycles. The minimum Gasteiger partial charge on any atom is -0.467 e. The number of carbonyl (C=O) groups excluding carboxylic acids is 1. The van der Waals surface area contributed by atoms with Crippen LogP contribution < -0.4 is 10.5 Å². The van der Waals surface area contributed by atoms with E-state index in [-0.39, 0.29) is 18.6 Å². The van der Waals surface area contributed by atoms with Crippen molar-refractivity contribution in [2.45, 2.75) is 32.9 Å². The molecule has 5 heteroatoms. The normalized spacial score (nSPS) is 22.4. The highest BCUT2D eigenvalue weighted by Gasteiger charge is 2.27. The molecular weight excluding hydrogens is 256 g/mol. The molecule has 0 aromatic heterocycles. The number of anilines is 1. The average Bonchev–Trinajstić information content (AvgIpc) is 2.43. The van der Waals surface area contributed by atoms with Crippen LogP contribution in [-0.2, 0) is 22.7 Å². The number of hydrogen-bond donors (Lipinski definition) is 1. The summed E-state index contributed by atoms with van der Waals surface area (Å²) in [4.78, 5) is 14.1. The van der Waals surface area contributed by atoms with Crippen LogP contribution in [0.25, 0.3) is 0 Å². The molecule has 20 heavy (non-hydrogen) atoms. The highest BCUT2D eigenvalue weighted by Crippen LogP contribution is 2.32. The summed E-state index contributed by atoms with van der Waals surface area (Å²) < 4.78 is 10.9. The molecule has 2 heterocycles. The maximum Gasteiger partial charge on any atom is 0.225 e. The van der Waals surface area contributed by atoms with E-state index in [0.717, 1.165) is 36.3 Å². The van der Waals surface area contributed by atoms with Crippen molar-refractivity contribution in [2.75, 3.05) is 19.1 Å². The first-order valence-electron chi connectivity index (χ1n) is 7.06. The average molecular weight is 276 g/mol. The minimum absolute atomic E-state index is 0.116. The molecule has 1 saturated heterocycles. The van der Waals surface area contributed by atoms with Gasteiger partial charge in [0.25, 0.3) is 0 Å². The number of piperidine rings is 1. The number of nitrogens with zero attached hydrogens (tertiary/aromatic N) is 1. The topological polar surface area (TPSA) is 64.8 Å². The zero-order chi connectivity index (χ0) is 14.1. The number of fused-ring (bicyclic) bond motifs is 1. The number of benzene rings is 1. The molecule has 1 aromatic carbocycles. The number of amides is 1. The van der Waals surface area contributed by atoms with E-state index in [1.54, 1.807) is 0 Å². The lowest BCUT2D eigenvalue weighted by Crippen LogP contribution is -2.39. The van der Waals surface area contributed by atoms with Gasteiger partial charge in [-0.15, -0.1) is 0 Å². The van der Waals surface area contributed by atoms with Crippen molar-refractivity contribution in [3.05, 3.63) is 23.3 Å². The van der Waals surface area contributed by atoms with Gasteiger partial charge < -0.3 is 20.1 Å². The van der Waals surface area contributed by atoms with E-state index in [9.17, 15) is 4.79 Å². The van der Waals surface area contributed by atoms with Gasteiger partial charge in [0.15, 0.2) is 6.79 Å². The second-order valence-corrected chi connectivity index (χ2v) is 5.58. The Morgan fingerprint density at radius 2 is 2.30 bits per heavy atom. The van der Waals surface area contributed by atoms with E-state index in [4.69, 9.17) is 15.2 Å². The zero-order valence-electron chi connectivity index (χ0n) is 11.7. The molecule has 0 bridgehead atoms. The van der Waals surface area contributed by atoms with Crippen molar-refractivity contribution in [1.82, 2.24) is 4.90 Å². The van der Waals surface area contributed by atoms with E-state index < -0.39 is 0 Å². The Kier molecular flexibility index (Phi) is 3.53. The van der Waals surface area contributed by atoms with Crippen molar-refractivity contribution in [2.24, 2.45) is 5.92 Å².